The Balaban J connectivity index is 0.0000269. The number of nitrogens with two attached hydrogens (primary N) is 2. The first-order valence-corrected chi connectivity index (χ1v) is 37.3. The summed E-state index contributed by atoms with van der Waals surface area (Å²) >= 11 is 0. The molecule has 4 aromatic rings. The number of nitrogens with zero attached hydrogens (tertiary/aromatic N) is 5. The van der Waals surface area contributed by atoms with Crippen molar-refractivity contribution in [2.24, 2.45) is 29.2 Å². The number of benzene rings is 2. The van der Waals surface area contributed by atoms with Crippen molar-refractivity contribution in [3.8, 4) is 0 Å². The summed E-state index contributed by atoms with van der Waals surface area (Å²) in [6.45, 7) is 9.76. The minimum absolute atomic E-state index is 0. The molecule has 0 bridgehead atoms. The minimum atomic E-state index is -1.61. The predicted octanol–water partition coefficient (Wildman–Crippen LogP) is -8.22. The molecular formula is C74H108InN19O19. The Morgan fingerprint density at radius 3 is 1.55 bits per heavy atom. The van der Waals surface area contributed by atoms with Crippen molar-refractivity contribution in [1.82, 2.24) is 87.7 Å². The van der Waals surface area contributed by atoms with Crippen LogP contribution in [0.4, 0.5) is 0 Å². The van der Waals surface area contributed by atoms with E-state index in [1.165, 1.54) is 34.1 Å². The molecule has 616 valence electrons. The molecule has 2 aromatic carbocycles. The van der Waals surface area contributed by atoms with Gasteiger partial charge in [-0.2, -0.15) is 0 Å². The molecule has 5 rings (SSSR count). The van der Waals surface area contributed by atoms with Crippen LogP contribution in [0.5, 0.6) is 0 Å². The topological polar surface area (TPSA) is 575 Å². The molecule has 38 nitrogen and oxygen atoms in total. The van der Waals surface area contributed by atoms with Crippen LogP contribution in [0.25, 0.3) is 10.9 Å². The number of hydrogen-bond donors (Lipinski definition) is 15. The number of fused-ring (bicyclic) bond motifs is 1. The van der Waals surface area contributed by atoms with Gasteiger partial charge < -0.3 is 109 Å². The van der Waals surface area contributed by atoms with Gasteiger partial charge >= 0.3 is 25.8 Å². The molecule has 3 heterocycles. The van der Waals surface area contributed by atoms with Crippen LogP contribution < -0.4 is 80.0 Å². The van der Waals surface area contributed by atoms with Gasteiger partial charge in [-0.1, -0.05) is 90.1 Å². The fourth-order valence-corrected chi connectivity index (χ4v) is 12.4. The number of aliphatic hydroxyl groups excluding tert-OH is 1. The molecule has 113 heavy (non-hydrogen) atoms. The number of aliphatic carboxylic acids is 3. The van der Waals surface area contributed by atoms with Crippen LogP contribution in [0.2, 0.25) is 0 Å². The van der Waals surface area contributed by atoms with Gasteiger partial charge in [0, 0.05) is 140 Å². The van der Waals surface area contributed by atoms with Crippen molar-refractivity contribution in [3.63, 3.8) is 0 Å². The fourth-order valence-electron chi connectivity index (χ4n) is 12.4. The van der Waals surface area contributed by atoms with Crippen LogP contribution in [0.1, 0.15) is 104 Å². The van der Waals surface area contributed by atoms with Crippen molar-refractivity contribution >= 4 is 126 Å². The fraction of sp³-hybridized carbons (Fsp3) is 0.568. The molecule has 9 atom stereocenters. The molecule has 1 fully saturated rings. The standard InChI is InChI=1S/C74H111N19O19.In/c1-43(2)29-53(58(94)34-61(97)83-54(68(76)106)30-44(3)4)87-73(111)57(33-49-36-77-42-81-49)85-62(98)37-80-74(112)67(45(5)6)89-69(107)46(7)82-71(109)56(32-48-35-79-51-16-12-11-15-50(48)51)88-70(108)52(17-18-59(75)95)86-72(110)55(31-47-13-9-8-10-14-47)84-60(96)19-20-78-63(99)38-90-21-23-91(39-64(100)101)25-27-93(41-66(104)105)28-26-92(24-22-90)40-65(102)103;/h8-16,35-36,42-46,52-58,67,79,94H,17-34,37-41H2,1-7H3,(H2,75,95)(H2,76,106)(H,77,81)(H,78,99)(H,80,112)(H,82,109)(H,83,97)(H,84,96)(H,85,98)(H,86,110)(H,87,111)(H,88,108)(H,89,107)(H,100,101)(H,102,103)(H,104,105);/q;+3/p-3/t46-,52-,53-,54-,55+,56-,57-,58-,67-;/m0./s1/i;1-4. The number of primary amides is 2. The number of aromatic amines is 2. The first-order valence-electron chi connectivity index (χ1n) is 37.3. The summed E-state index contributed by atoms with van der Waals surface area (Å²) in [6.07, 6.45) is 1.11. The van der Waals surface area contributed by atoms with Gasteiger partial charge in [-0.25, -0.2) is 4.98 Å². The number of carboxylic acids is 3. The smallest absolute Gasteiger partial charge is 0.549 e. The van der Waals surface area contributed by atoms with Crippen molar-refractivity contribution in [2.75, 3.05) is 91.6 Å². The number of H-pyrrole nitrogens is 2. The number of imidazole rings is 1. The second-order valence-corrected chi connectivity index (χ2v) is 29.1. The second-order valence-electron chi connectivity index (χ2n) is 29.1. The van der Waals surface area contributed by atoms with Gasteiger partial charge in [0.25, 0.3) is 0 Å². The number of aromatic nitrogens is 3. The number of hydrogen-bond acceptors (Lipinski definition) is 24. The maximum absolute atomic E-state index is 14.7. The number of rotatable bonds is 45. The number of carbonyl (C=O) groups excluding carboxylic acids is 15. The average molecular weight is 1680 g/mol. The van der Waals surface area contributed by atoms with Gasteiger partial charge in [0.1, 0.15) is 42.3 Å². The van der Waals surface area contributed by atoms with E-state index in [2.05, 4.69) is 68.1 Å². The van der Waals surface area contributed by atoms with Crippen LogP contribution in [0, 0.1) is 17.8 Å². The van der Waals surface area contributed by atoms with E-state index < -0.39 is 195 Å². The van der Waals surface area contributed by atoms with Crippen LogP contribution >= 0.6 is 0 Å². The first-order chi connectivity index (χ1) is 53.0. The number of carbonyl (C=O) groups is 15. The molecular weight excluding hydrogens is 1570 g/mol. The van der Waals surface area contributed by atoms with Crippen molar-refractivity contribution in [3.05, 3.63) is 90.1 Å². The quantitative estimate of drug-likeness (QED) is 0.0195. The molecule has 0 unspecified atom stereocenters. The zero-order valence-electron chi connectivity index (χ0n) is 64.9. The Labute approximate surface area is 673 Å². The Morgan fingerprint density at radius 1 is 0.504 bits per heavy atom. The summed E-state index contributed by atoms with van der Waals surface area (Å²) in [7, 11) is 0. The van der Waals surface area contributed by atoms with Crippen LogP contribution in [0.3, 0.4) is 0 Å². The largest absolute Gasteiger partial charge is 3.00 e. The van der Waals surface area contributed by atoms with Crippen LogP contribution in [0.15, 0.2) is 73.3 Å². The van der Waals surface area contributed by atoms with Gasteiger partial charge in [-0.3, -0.25) is 77.1 Å². The molecule has 0 radical (unpaired) electrons. The normalized spacial score (nSPS) is 15.7. The Hall–Kier alpha value is -10.1. The van der Waals surface area contributed by atoms with E-state index in [0.29, 0.717) is 27.7 Å². The van der Waals surface area contributed by atoms with Gasteiger partial charge in [0.05, 0.1) is 55.9 Å². The molecule has 1 aliphatic heterocycles. The van der Waals surface area contributed by atoms with E-state index >= 15 is 0 Å². The second kappa shape index (κ2) is 48.7. The summed E-state index contributed by atoms with van der Waals surface area (Å²) < 4.78 is 0. The predicted molar refractivity (Wildman–Crippen MR) is 405 cm³/mol. The van der Waals surface area contributed by atoms with Crippen molar-refractivity contribution in [2.45, 2.75) is 161 Å². The van der Waals surface area contributed by atoms with Gasteiger partial charge in [-0.15, -0.1) is 0 Å². The molecule has 1 saturated heterocycles. The SMILES string of the molecule is CC(C)C[C@H](NC(=O)C[C@H](O)[C@H](CC(C)C)NC(=O)[C@H](Cc1cnc[nH]1)NC(=O)CNC(=O)[C@@H](NC(=O)[C@H](C)NC(=O)[C@H](Cc1c[nH]c2ccccc12)NC(=O)[C@H](CCC(N)=O)NC(=O)[C@@H](Cc1ccccc1)NC(=O)CCNC(=O)CN1CCN(CC(=O)[O-])CCN(CC(=O)[O-])CCN(CC(=O)[O-])CC1)C(C)C)C(N)=O.[111In+3]. The van der Waals surface area contributed by atoms with Crippen LogP contribution in [-0.2, 0) is 91.2 Å². The third-order valence-electron chi connectivity index (χ3n) is 18.4. The van der Waals surface area contributed by atoms with E-state index in [0.717, 1.165) is 0 Å². The van der Waals surface area contributed by atoms with E-state index in [1.807, 2.05) is 27.7 Å². The molecule has 0 aliphatic carbocycles. The van der Waals surface area contributed by atoms with Gasteiger partial charge in [0.15, 0.2) is 0 Å². The van der Waals surface area contributed by atoms with E-state index in [1.54, 1.807) is 79.5 Å². The number of carboxylic acid groups (broad SMARTS) is 3. The number of amides is 12. The van der Waals surface area contributed by atoms with Gasteiger partial charge in [-0.05, 0) is 61.1 Å². The molecule has 2 aromatic heterocycles. The minimum Gasteiger partial charge on any atom is -0.549 e. The zero-order chi connectivity index (χ0) is 82.7. The third kappa shape index (κ3) is 35.7. The van der Waals surface area contributed by atoms with Crippen LogP contribution in [-0.4, -0.2) is 300 Å². The summed E-state index contributed by atoms with van der Waals surface area (Å²) in [4.78, 5) is 216. The first kappa shape index (κ1) is 95.3. The Morgan fingerprint density at radius 2 is 1.01 bits per heavy atom. The molecule has 1 aliphatic rings. The number of aliphatic hydroxyl groups is 1. The average Bonchev–Trinajstić information content (AvgIpc) is 1.74. The van der Waals surface area contributed by atoms with Crippen molar-refractivity contribution < 1.29 is 92.3 Å². The Bertz CT molecular complexity index is 3800. The molecule has 39 heteroatoms. The van der Waals surface area contributed by atoms with Gasteiger partial charge in [0.2, 0.25) is 70.9 Å². The molecule has 0 spiro atoms. The summed E-state index contributed by atoms with van der Waals surface area (Å²) in [5, 5.41) is 73.0. The summed E-state index contributed by atoms with van der Waals surface area (Å²) in [5.74, 6) is -14.7. The number of nitrogens with one attached hydrogen (secondary N) is 12. The number of para-hydroxylation sites is 1. The maximum atomic E-state index is 14.7. The van der Waals surface area contributed by atoms with E-state index in [4.69, 9.17) is 11.5 Å². The molecule has 0 saturated carbocycles. The monoisotopic (exact) mass is 1680 g/mol. The van der Waals surface area contributed by atoms with Crippen molar-refractivity contribution in [1.29, 1.82) is 0 Å². The molecule has 17 N–H and O–H groups in total. The summed E-state index contributed by atoms with van der Waals surface area (Å²) in [6, 6.07) is 4.83. The van der Waals surface area contributed by atoms with E-state index in [-0.39, 0.29) is 142 Å². The summed E-state index contributed by atoms with van der Waals surface area (Å²) in [5.41, 5.74) is 13.3. The van der Waals surface area contributed by atoms with E-state index in [9.17, 15) is 92.3 Å². The third-order valence-corrected chi connectivity index (χ3v) is 18.4. The zero-order valence-corrected chi connectivity index (χ0v) is 68.2. The maximum Gasteiger partial charge on any atom is 3.00 e. The molecule has 12 amide bonds. The Kier molecular flexibility index (Phi) is 41.1.